The number of pyridine rings is 1. The molecule has 0 amide bonds. The minimum Gasteiger partial charge on any atom is -0.489 e. The van der Waals surface area contributed by atoms with E-state index in [0.29, 0.717) is 18.8 Å². The maximum Gasteiger partial charge on any atom is 0.195 e. The van der Waals surface area contributed by atoms with Crippen LogP contribution in [0.3, 0.4) is 0 Å². The maximum absolute atomic E-state index is 7.64. The highest BCUT2D eigenvalue weighted by Crippen LogP contribution is 2.34. The third kappa shape index (κ3) is 4.71. The monoisotopic (exact) mass is 472 g/mol. The molecule has 5 aromatic rings. The lowest BCUT2D eigenvalue weighted by Crippen LogP contribution is -2.05. The molecule has 0 unspecified atom stereocenters. The van der Waals surface area contributed by atoms with E-state index < -0.39 is 0 Å². The van der Waals surface area contributed by atoms with E-state index in [0.717, 1.165) is 62.7 Å². The molecule has 0 N–H and O–H groups in total. The van der Waals surface area contributed by atoms with Gasteiger partial charge in [0.1, 0.15) is 23.7 Å². The number of rotatable bonds is 7. The Bertz CT molecular complexity index is 1560. The van der Waals surface area contributed by atoms with Crippen molar-refractivity contribution in [1.29, 1.82) is 0 Å². The van der Waals surface area contributed by atoms with Gasteiger partial charge in [-0.15, -0.1) is 0 Å². The molecule has 0 radical (unpaired) electrons. The first kappa shape index (κ1) is 23.3. The van der Waals surface area contributed by atoms with Gasteiger partial charge in [-0.05, 0) is 59.9 Å². The molecule has 0 aliphatic rings. The lowest BCUT2D eigenvalue weighted by atomic mass is 10.0. The van der Waals surface area contributed by atoms with Gasteiger partial charge in [0.05, 0.1) is 13.1 Å². The largest absolute Gasteiger partial charge is 0.489 e. The van der Waals surface area contributed by atoms with Crippen molar-refractivity contribution < 1.29 is 4.74 Å². The Labute approximate surface area is 211 Å². The van der Waals surface area contributed by atoms with E-state index in [-0.39, 0.29) is 0 Å². The van der Waals surface area contributed by atoms with Crippen molar-refractivity contribution in [2.24, 2.45) is 0 Å². The van der Waals surface area contributed by atoms with E-state index in [1.807, 2.05) is 55.5 Å². The lowest BCUT2D eigenvalue weighted by molar-refractivity contribution is 0.306. The standard InChI is InChI=1S/C31H28N4O/c1-5-29-34-30-21(2)17-22(3)33-31(30)35(29)19-23-11-13-25(14-12-23)27-18-26(15-16-28(27)32-4)36-20-24-9-7-6-8-10-24/h6-18H,5,19-20H2,1-3H3. The van der Waals surface area contributed by atoms with Crippen molar-refractivity contribution in [3.8, 4) is 16.9 Å². The average Bonchev–Trinajstić information content (AvgIpc) is 3.26. The van der Waals surface area contributed by atoms with E-state index in [2.05, 4.69) is 53.6 Å². The summed E-state index contributed by atoms with van der Waals surface area (Å²) in [4.78, 5) is 13.4. The van der Waals surface area contributed by atoms with Crippen molar-refractivity contribution in [3.05, 3.63) is 118 Å². The first-order valence-corrected chi connectivity index (χ1v) is 12.2. The topological polar surface area (TPSA) is 44.3 Å². The van der Waals surface area contributed by atoms with E-state index in [4.69, 9.17) is 21.3 Å². The highest BCUT2D eigenvalue weighted by Gasteiger charge is 2.14. The van der Waals surface area contributed by atoms with Gasteiger partial charge < -0.3 is 9.30 Å². The molecule has 0 aliphatic carbocycles. The second-order valence-corrected chi connectivity index (χ2v) is 8.98. The smallest absolute Gasteiger partial charge is 0.195 e. The molecule has 0 saturated heterocycles. The number of imidazole rings is 1. The summed E-state index contributed by atoms with van der Waals surface area (Å²) in [7, 11) is 0. The molecule has 2 heterocycles. The zero-order chi connectivity index (χ0) is 25.1. The van der Waals surface area contributed by atoms with Crippen LogP contribution < -0.4 is 4.74 Å². The average molecular weight is 473 g/mol. The summed E-state index contributed by atoms with van der Waals surface area (Å²) in [5.74, 6) is 1.79. The highest BCUT2D eigenvalue weighted by atomic mass is 16.5. The van der Waals surface area contributed by atoms with Crippen molar-refractivity contribution in [2.45, 2.75) is 40.3 Å². The van der Waals surface area contributed by atoms with Crippen LogP contribution in [0.15, 0.2) is 78.9 Å². The summed E-state index contributed by atoms with van der Waals surface area (Å²) in [6.07, 6.45) is 0.844. The van der Waals surface area contributed by atoms with Gasteiger partial charge in [-0.1, -0.05) is 67.6 Å². The Morgan fingerprint density at radius 1 is 0.889 bits per heavy atom. The van der Waals surface area contributed by atoms with Crippen molar-refractivity contribution >= 4 is 16.9 Å². The van der Waals surface area contributed by atoms with Gasteiger partial charge in [0, 0.05) is 12.1 Å². The summed E-state index contributed by atoms with van der Waals surface area (Å²) in [6, 6.07) is 26.2. The SMILES string of the molecule is [C-]#[N+]c1ccc(OCc2ccccc2)cc1-c1ccc(Cn2c(CC)nc3c(C)cc(C)nc32)cc1. The van der Waals surface area contributed by atoms with Gasteiger partial charge in [0.2, 0.25) is 0 Å². The number of fused-ring (bicyclic) bond motifs is 1. The molecule has 5 heteroatoms. The molecule has 2 aromatic heterocycles. The number of hydrogen-bond acceptors (Lipinski definition) is 3. The molecule has 36 heavy (non-hydrogen) atoms. The summed E-state index contributed by atoms with van der Waals surface area (Å²) in [5, 5.41) is 0. The number of hydrogen-bond donors (Lipinski definition) is 0. The second kappa shape index (κ2) is 10.1. The second-order valence-electron chi connectivity index (χ2n) is 8.98. The van der Waals surface area contributed by atoms with Crippen LogP contribution in [0, 0.1) is 20.4 Å². The van der Waals surface area contributed by atoms with Crippen molar-refractivity contribution in [1.82, 2.24) is 14.5 Å². The number of aryl methyl sites for hydroxylation is 3. The minimum absolute atomic E-state index is 0.488. The van der Waals surface area contributed by atoms with Crippen LogP contribution in [-0.2, 0) is 19.6 Å². The van der Waals surface area contributed by atoms with Crippen LogP contribution in [0.1, 0.15) is 35.1 Å². The summed E-state index contributed by atoms with van der Waals surface area (Å²) in [6.45, 7) is 15.1. The van der Waals surface area contributed by atoms with Crippen LogP contribution in [0.25, 0.3) is 27.1 Å². The normalized spacial score (nSPS) is 10.9. The minimum atomic E-state index is 0.488. The molecule has 5 nitrogen and oxygen atoms in total. The molecule has 0 fully saturated rings. The van der Waals surface area contributed by atoms with Crippen LogP contribution in [0.4, 0.5) is 5.69 Å². The van der Waals surface area contributed by atoms with Crippen LogP contribution in [0.5, 0.6) is 5.75 Å². The third-order valence-electron chi connectivity index (χ3n) is 6.36. The number of benzene rings is 3. The van der Waals surface area contributed by atoms with E-state index in [1.165, 1.54) is 0 Å². The molecule has 3 aromatic carbocycles. The predicted octanol–water partition coefficient (Wildman–Crippen LogP) is 7.46. The Morgan fingerprint density at radius 2 is 1.67 bits per heavy atom. The molecule has 178 valence electrons. The Hall–Kier alpha value is -4.43. The lowest BCUT2D eigenvalue weighted by Gasteiger charge is -2.12. The molecular weight excluding hydrogens is 444 g/mol. The van der Waals surface area contributed by atoms with E-state index in [1.54, 1.807) is 0 Å². The fourth-order valence-electron chi connectivity index (χ4n) is 4.53. The summed E-state index contributed by atoms with van der Waals surface area (Å²) < 4.78 is 8.23. The van der Waals surface area contributed by atoms with Crippen LogP contribution >= 0.6 is 0 Å². The van der Waals surface area contributed by atoms with Gasteiger partial charge in [-0.2, -0.15) is 0 Å². The Morgan fingerprint density at radius 3 is 2.39 bits per heavy atom. The van der Waals surface area contributed by atoms with Gasteiger partial charge in [0.15, 0.2) is 11.3 Å². The molecule has 0 spiro atoms. The summed E-state index contributed by atoms with van der Waals surface area (Å²) >= 11 is 0. The molecule has 0 saturated carbocycles. The number of nitrogens with zero attached hydrogens (tertiary/aromatic N) is 4. The molecule has 0 bridgehead atoms. The van der Waals surface area contributed by atoms with Gasteiger partial charge >= 0.3 is 0 Å². The van der Waals surface area contributed by atoms with Gasteiger partial charge in [0.25, 0.3) is 0 Å². The van der Waals surface area contributed by atoms with E-state index >= 15 is 0 Å². The molecular formula is C31H28N4O. The maximum atomic E-state index is 7.64. The van der Waals surface area contributed by atoms with E-state index in [9.17, 15) is 0 Å². The molecule has 5 rings (SSSR count). The van der Waals surface area contributed by atoms with Gasteiger partial charge in [-0.3, -0.25) is 0 Å². The number of aromatic nitrogens is 3. The third-order valence-corrected chi connectivity index (χ3v) is 6.36. The fraction of sp³-hybridized carbons (Fsp3) is 0.194. The Balaban J connectivity index is 1.41. The first-order chi connectivity index (χ1) is 17.6. The zero-order valence-corrected chi connectivity index (χ0v) is 20.8. The predicted molar refractivity (Wildman–Crippen MR) is 144 cm³/mol. The van der Waals surface area contributed by atoms with Gasteiger partial charge in [-0.25, -0.2) is 14.8 Å². The molecule has 0 atom stereocenters. The summed E-state index contributed by atoms with van der Waals surface area (Å²) in [5.41, 5.74) is 8.81. The van der Waals surface area contributed by atoms with Crippen molar-refractivity contribution in [2.75, 3.05) is 0 Å². The first-order valence-electron chi connectivity index (χ1n) is 12.2. The highest BCUT2D eigenvalue weighted by molar-refractivity contribution is 5.80. The zero-order valence-electron chi connectivity index (χ0n) is 20.8. The van der Waals surface area contributed by atoms with Crippen LogP contribution in [0.2, 0.25) is 0 Å². The quantitative estimate of drug-likeness (QED) is 0.231. The fourth-order valence-corrected chi connectivity index (χ4v) is 4.53. The number of ether oxygens (including phenoxy) is 1. The van der Waals surface area contributed by atoms with Crippen molar-refractivity contribution in [3.63, 3.8) is 0 Å². The van der Waals surface area contributed by atoms with Crippen LogP contribution in [-0.4, -0.2) is 14.5 Å². The molecule has 0 aliphatic heterocycles. The Kier molecular flexibility index (Phi) is 6.51.